The van der Waals surface area contributed by atoms with Gasteiger partial charge < -0.3 is 15.4 Å². The summed E-state index contributed by atoms with van der Waals surface area (Å²) in [5, 5.41) is 7.13. The molecule has 0 fully saturated rings. The van der Waals surface area contributed by atoms with Crippen molar-refractivity contribution < 1.29 is 19.1 Å². The summed E-state index contributed by atoms with van der Waals surface area (Å²) in [7, 11) is 0. The predicted octanol–water partition coefficient (Wildman–Crippen LogP) is 7.85. The van der Waals surface area contributed by atoms with E-state index in [0.717, 1.165) is 32.5 Å². The molecule has 5 rings (SSSR count). The first kappa shape index (κ1) is 27.3. The zero-order chi connectivity index (χ0) is 28.2. The first-order chi connectivity index (χ1) is 19.4. The van der Waals surface area contributed by atoms with E-state index in [0.29, 0.717) is 27.4 Å². The van der Waals surface area contributed by atoms with Gasteiger partial charge in [-0.05, 0) is 67.5 Å². The van der Waals surface area contributed by atoms with Gasteiger partial charge in [0.25, 0.3) is 11.8 Å². The molecule has 8 heteroatoms. The van der Waals surface area contributed by atoms with Crippen LogP contribution in [0.1, 0.15) is 58.9 Å². The smallest absolute Gasteiger partial charge is 0.341 e. The molecule has 2 heterocycles. The molecular formula is C32H28N2O4S2. The average molecular weight is 569 g/mol. The summed E-state index contributed by atoms with van der Waals surface area (Å²) in [6.45, 7) is 5.63. The van der Waals surface area contributed by atoms with Crippen molar-refractivity contribution in [3.63, 3.8) is 0 Å². The fourth-order valence-corrected chi connectivity index (χ4v) is 6.71. The maximum Gasteiger partial charge on any atom is 0.341 e. The van der Waals surface area contributed by atoms with Crippen LogP contribution in [-0.2, 0) is 11.2 Å². The van der Waals surface area contributed by atoms with E-state index >= 15 is 0 Å². The van der Waals surface area contributed by atoms with Crippen LogP contribution >= 0.6 is 22.7 Å². The molecule has 0 radical (unpaired) electrons. The second-order valence-corrected chi connectivity index (χ2v) is 11.4. The third-order valence-corrected chi connectivity index (χ3v) is 8.92. The van der Waals surface area contributed by atoms with Gasteiger partial charge in [0.05, 0.1) is 21.9 Å². The Morgan fingerprint density at radius 2 is 1.45 bits per heavy atom. The van der Waals surface area contributed by atoms with E-state index in [2.05, 4.69) is 34.9 Å². The largest absolute Gasteiger partial charge is 0.462 e. The summed E-state index contributed by atoms with van der Waals surface area (Å²) < 4.78 is 6.30. The number of benzene rings is 3. The Morgan fingerprint density at radius 1 is 0.775 bits per heavy atom. The minimum absolute atomic E-state index is 0.171. The number of carbonyl (C=O) groups excluding carboxylic acids is 3. The molecule has 2 amide bonds. The zero-order valence-electron chi connectivity index (χ0n) is 22.4. The summed E-state index contributed by atoms with van der Waals surface area (Å²) in [6.07, 6.45) is 0.589. The Bertz CT molecular complexity index is 1700. The van der Waals surface area contributed by atoms with Gasteiger partial charge in [-0.15, -0.1) is 22.7 Å². The number of aryl methyl sites for hydroxylation is 1. The molecule has 0 aliphatic rings. The number of rotatable bonds is 8. The summed E-state index contributed by atoms with van der Waals surface area (Å²) >= 11 is 2.48. The average Bonchev–Trinajstić information content (AvgIpc) is 3.48. The van der Waals surface area contributed by atoms with Gasteiger partial charge in [-0.2, -0.15) is 0 Å². The normalized spacial score (nSPS) is 10.9. The van der Waals surface area contributed by atoms with E-state index in [4.69, 9.17) is 4.74 Å². The maximum absolute atomic E-state index is 13.8. The fraction of sp³-hybridized carbons (Fsp3) is 0.156. The van der Waals surface area contributed by atoms with E-state index < -0.39 is 5.97 Å². The molecular weight excluding hydrogens is 540 g/mol. The first-order valence-corrected chi connectivity index (χ1v) is 14.5. The van der Waals surface area contributed by atoms with E-state index in [1.165, 1.54) is 16.9 Å². The van der Waals surface area contributed by atoms with Crippen molar-refractivity contribution >= 4 is 61.2 Å². The van der Waals surface area contributed by atoms with Crippen molar-refractivity contribution in [2.24, 2.45) is 0 Å². The summed E-state index contributed by atoms with van der Waals surface area (Å²) in [6, 6.07) is 25.3. The Morgan fingerprint density at radius 3 is 2.17 bits per heavy atom. The molecule has 5 aromatic rings. The number of ether oxygens (including phenoxy) is 1. The number of hydrogen-bond donors (Lipinski definition) is 2. The summed E-state index contributed by atoms with van der Waals surface area (Å²) in [5.41, 5.74) is 4.48. The van der Waals surface area contributed by atoms with E-state index in [1.807, 2.05) is 49.4 Å². The zero-order valence-corrected chi connectivity index (χ0v) is 24.0. The minimum Gasteiger partial charge on any atom is -0.462 e. The lowest BCUT2D eigenvalue weighted by Crippen LogP contribution is -2.15. The van der Waals surface area contributed by atoms with Gasteiger partial charge in [-0.3, -0.25) is 9.59 Å². The highest BCUT2D eigenvalue weighted by Gasteiger charge is 2.28. The van der Waals surface area contributed by atoms with Crippen LogP contribution in [0.4, 0.5) is 10.7 Å². The second-order valence-electron chi connectivity index (χ2n) is 9.32. The van der Waals surface area contributed by atoms with Crippen molar-refractivity contribution in [3.05, 3.63) is 116 Å². The van der Waals surface area contributed by atoms with Crippen molar-refractivity contribution in [1.29, 1.82) is 0 Å². The molecule has 0 aliphatic carbocycles. The Kier molecular flexibility index (Phi) is 8.09. The monoisotopic (exact) mass is 568 g/mol. The minimum atomic E-state index is -0.582. The Balaban J connectivity index is 1.51. The number of amides is 2. The summed E-state index contributed by atoms with van der Waals surface area (Å²) in [5.74, 6) is -1.27. The topological polar surface area (TPSA) is 84.5 Å². The molecule has 202 valence electrons. The van der Waals surface area contributed by atoms with Crippen LogP contribution < -0.4 is 10.6 Å². The standard InChI is InChI=1S/C32H28N2O4S2/c1-4-38-32(37)26-20(3)27(29(35)33-22-10-6-5-7-11-22)40-31(26)34-30(36)28-24(18-21-16-14-19(2)15-17-21)23-12-8-9-13-25(23)39-28/h5-17H,4,18H2,1-3H3,(H,33,35)(H,34,36). The fourth-order valence-electron chi connectivity index (χ4n) is 4.50. The molecule has 3 aromatic carbocycles. The molecule has 0 unspecified atom stereocenters. The molecule has 0 spiro atoms. The number of esters is 1. The van der Waals surface area contributed by atoms with Gasteiger partial charge in [0.2, 0.25) is 0 Å². The van der Waals surface area contributed by atoms with Gasteiger partial charge in [-0.1, -0.05) is 66.2 Å². The SMILES string of the molecule is CCOC(=O)c1c(NC(=O)c2sc3ccccc3c2Cc2ccc(C)cc2)sc(C(=O)Nc2ccccc2)c1C. The van der Waals surface area contributed by atoms with Crippen LogP contribution in [0.25, 0.3) is 10.1 Å². The van der Waals surface area contributed by atoms with Crippen molar-refractivity contribution in [3.8, 4) is 0 Å². The Hall–Kier alpha value is -4.27. The number of fused-ring (bicyclic) bond motifs is 1. The molecule has 6 nitrogen and oxygen atoms in total. The highest BCUT2D eigenvalue weighted by atomic mass is 32.1. The van der Waals surface area contributed by atoms with Crippen LogP contribution in [0.15, 0.2) is 78.9 Å². The van der Waals surface area contributed by atoms with Gasteiger partial charge in [0, 0.05) is 10.4 Å². The van der Waals surface area contributed by atoms with Crippen molar-refractivity contribution in [1.82, 2.24) is 0 Å². The quantitative estimate of drug-likeness (QED) is 0.187. The van der Waals surface area contributed by atoms with Crippen LogP contribution in [0.3, 0.4) is 0 Å². The highest BCUT2D eigenvalue weighted by Crippen LogP contribution is 2.37. The van der Waals surface area contributed by atoms with Crippen molar-refractivity contribution in [2.45, 2.75) is 27.2 Å². The molecule has 0 aliphatic heterocycles. The maximum atomic E-state index is 13.8. The summed E-state index contributed by atoms with van der Waals surface area (Å²) in [4.78, 5) is 40.9. The van der Waals surface area contributed by atoms with Gasteiger partial charge in [-0.25, -0.2) is 4.79 Å². The van der Waals surface area contributed by atoms with E-state index in [1.54, 1.807) is 26.0 Å². The van der Waals surface area contributed by atoms with Crippen LogP contribution in [0.5, 0.6) is 0 Å². The number of carbonyl (C=O) groups is 3. The number of para-hydroxylation sites is 1. The van der Waals surface area contributed by atoms with Crippen LogP contribution in [-0.4, -0.2) is 24.4 Å². The number of anilines is 2. The van der Waals surface area contributed by atoms with Gasteiger partial charge in [0.1, 0.15) is 5.00 Å². The third kappa shape index (κ3) is 5.68. The lowest BCUT2D eigenvalue weighted by atomic mass is 10.0. The Labute approximate surface area is 240 Å². The lowest BCUT2D eigenvalue weighted by Gasteiger charge is -2.09. The number of hydrogen-bond acceptors (Lipinski definition) is 6. The molecule has 0 bridgehead atoms. The van der Waals surface area contributed by atoms with Crippen LogP contribution in [0, 0.1) is 13.8 Å². The molecule has 2 N–H and O–H groups in total. The molecule has 0 atom stereocenters. The molecule has 0 saturated carbocycles. The first-order valence-electron chi connectivity index (χ1n) is 12.9. The predicted molar refractivity (Wildman–Crippen MR) is 163 cm³/mol. The lowest BCUT2D eigenvalue weighted by molar-refractivity contribution is 0.0527. The third-order valence-electron chi connectivity index (χ3n) is 6.50. The highest BCUT2D eigenvalue weighted by molar-refractivity contribution is 7.21. The molecule has 40 heavy (non-hydrogen) atoms. The van der Waals surface area contributed by atoms with Gasteiger partial charge >= 0.3 is 5.97 Å². The molecule has 2 aromatic heterocycles. The molecule has 0 saturated heterocycles. The van der Waals surface area contributed by atoms with Crippen molar-refractivity contribution in [2.75, 3.05) is 17.2 Å². The van der Waals surface area contributed by atoms with Gasteiger partial charge in [0.15, 0.2) is 0 Å². The van der Waals surface area contributed by atoms with E-state index in [9.17, 15) is 14.4 Å². The second kappa shape index (κ2) is 11.9. The van der Waals surface area contributed by atoms with E-state index in [-0.39, 0.29) is 29.0 Å². The number of nitrogens with one attached hydrogen (secondary N) is 2. The number of thiophene rings is 2. The van der Waals surface area contributed by atoms with Crippen LogP contribution in [0.2, 0.25) is 0 Å².